The van der Waals surface area contributed by atoms with Gasteiger partial charge in [-0.1, -0.05) is 23.2 Å². The topological polar surface area (TPSA) is 53.0 Å². The quantitative estimate of drug-likeness (QED) is 0.831. The Bertz CT molecular complexity index is 375. The SMILES string of the molecule is CN(CCC#N)c1c(Cl)cc(N)cc1Cl. The third-order valence-corrected chi connectivity index (χ3v) is 2.56. The van der Waals surface area contributed by atoms with Crippen molar-refractivity contribution in [3.05, 3.63) is 22.2 Å². The molecule has 1 rings (SSSR count). The first kappa shape index (κ1) is 12.0. The maximum absolute atomic E-state index is 8.48. The Morgan fingerprint density at radius 2 is 1.93 bits per heavy atom. The predicted molar refractivity (Wildman–Crippen MR) is 64.4 cm³/mol. The van der Waals surface area contributed by atoms with E-state index in [9.17, 15) is 0 Å². The summed E-state index contributed by atoms with van der Waals surface area (Å²) >= 11 is 12.0. The van der Waals surface area contributed by atoms with E-state index in [4.69, 9.17) is 34.2 Å². The molecule has 0 radical (unpaired) electrons. The van der Waals surface area contributed by atoms with E-state index in [0.717, 1.165) is 0 Å². The van der Waals surface area contributed by atoms with Gasteiger partial charge in [0.15, 0.2) is 0 Å². The minimum atomic E-state index is 0.424. The van der Waals surface area contributed by atoms with Crippen LogP contribution < -0.4 is 10.6 Å². The molecule has 2 N–H and O–H groups in total. The van der Waals surface area contributed by atoms with Crippen LogP contribution in [0.2, 0.25) is 10.0 Å². The zero-order valence-electron chi connectivity index (χ0n) is 8.30. The van der Waals surface area contributed by atoms with E-state index in [1.165, 1.54) is 0 Å². The Hall–Kier alpha value is -1.11. The second kappa shape index (κ2) is 5.11. The fraction of sp³-hybridized carbons (Fsp3) is 0.300. The Kier molecular flexibility index (Phi) is 4.07. The molecule has 0 unspecified atom stereocenters. The smallest absolute Gasteiger partial charge is 0.0744 e. The van der Waals surface area contributed by atoms with Crippen LogP contribution in [0.3, 0.4) is 0 Å². The van der Waals surface area contributed by atoms with Gasteiger partial charge in [0.05, 0.1) is 28.2 Å². The minimum absolute atomic E-state index is 0.424. The maximum Gasteiger partial charge on any atom is 0.0744 e. The first-order chi connectivity index (χ1) is 7.06. The standard InChI is InChI=1S/C10H11Cl2N3/c1-15(4-2-3-13)10-8(11)5-7(14)6-9(10)12/h5-6H,2,4,14H2,1H3. The van der Waals surface area contributed by atoms with Crippen LogP contribution >= 0.6 is 23.2 Å². The van der Waals surface area contributed by atoms with Gasteiger partial charge >= 0.3 is 0 Å². The molecule has 0 bridgehead atoms. The van der Waals surface area contributed by atoms with E-state index in [2.05, 4.69) is 6.07 Å². The van der Waals surface area contributed by atoms with Crippen LogP contribution in [0.4, 0.5) is 11.4 Å². The highest BCUT2D eigenvalue weighted by Crippen LogP contribution is 2.35. The van der Waals surface area contributed by atoms with Crippen LogP contribution in [0.15, 0.2) is 12.1 Å². The summed E-state index contributed by atoms with van der Waals surface area (Å²) in [6.07, 6.45) is 0.424. The molecular weight excluding hydrogens is 233 g/mol. The van der Waals surface area contributed by atoms with Gasteiger partial charge in [0.1, 0.15) is 0 Å². The Morgan fingerprint density at radius 1 is 1.40 bits per heavy atom. The Labute approximate surface area is 99.0 Å². The average molecular weight is 244 g/mol. The molecular formula is C10H11Cl2N3. The molecule has 0 aliphatic carbocycles. The number of nitrogens with two attached hydrogens (primary N) is 1. The van der Waals surface area contributed by atoms with E-state index in [-0.39, 0.29) is 0 Å². The highest BCUT2D eigenvalue weighted by molar-refractivity contribution is 6.39. The molecule has 15 heavy (non-hydrogen) atoms. The molecule has 0 heterocycles. The number of anilines is 2. The summed E-state index contributed by atoms with van der Waals surface area (Å²) in [5.74, 6) is 0. The van der Waals surface area contributed by atoms with E-state index < -0.39 is 0 Å². The summed E-state index contributed by atoms with van der Waals surface area (Å²) in [5.41, 5.74) is 6.83. The second-order valence-corrected chi connectivity index (χ2v) is 3.98. The zero-order valence-corrected chi connectivity index (χ0v) is 9.81. The summed E-state index contributed by atoms with van der Waals surface area (Å²) in [4.78, 5) is 1.84. The van der Waals surface area contributed by atoms with Gasteiger partial charge in [0.2, 0.25) is 0 Å². The van der Waals surface area contributed by atoms with Crippen molar-refractivity contribution in [2.24, 2.45) is 0 Å². The predicted octanol–water partition coefficient (Wildman–Crippen LogP) is 2.93. The van der Waals surface area contributed by atoms with Crippen molar-refractivity contribution in [1.29, 1.82) is 5.26 Å². The number of nitrogens with zero attached hydrogens (tertiary/aromatic N) is 2. The zero-order chi connectivity index (χ0) is 11.4. The molecule has 80 valence electrons. The van der Waals surface area contributed by atoms with Crippen molar-refractivity contribution in [3.63, 3.8) is 0 Å². The van der Waals surface area contributed by atoms with Crippen LogP contribution in [-0.4, -0.2) is 13.6 Å². The molecule has 0 saturated heterocycles. The molecule has 0 aliphatic heterocycles. The highest BCUT2D eigenvalue weighted by Gasteiger charge is 2.11. The van der Waals surface area contributed by atoms with Crippen LogP contribution in [0.5, 0.6) is 0 Å². The van der Waals surface area contributed by atoms with Crippen LogP contribution in [0, 0.1) is 11.3 Å². The molecule has 0 aromatic heterocycles. The Morgan fingerprint density at radius 3 is 2.40 bits per heavy atom. The monoisotopic (exact) mass is 243 g/mol. The van der Waals surface area contributed by atoms with Gasteiger partial charge in [-0.2, -0.15) is 5.26 Å². The van der Waals surface area contributed by atoms with Crippen LogP contribution in [-0.2, 0) is 0 Å². The number of halogens is 2. The summed E-state index contributed by atoms with van der Waals surface area (Å²) in [6.45, 7) is 0.583. The van der Waals surface area contributed by atoms with Gasteiger partial charge in [0, 0.05) is 19.3 Å². The number of hydrogen-bond donors (Lipinski definition) is 1. The maximum atomic E-state index is 8.48. The first-order valence-corrected chi connectivity index (χ1v) is 5.14. The van der Waals surface area contributed by atoms with Crippen molar-refractivity contribution in [2.75, 3.05) is 24.2 Å². The van der Waals surface area contributed by atoms with Crippen LogP contribution in [0.25, 0.3) is 0 Å². The Balaban J connectivity index is 2.99. The molecule has 0 saturated carbocycles. The third kappa shape index (κ3) is 2.92. The summed E-state index contributed by atoms with van der Waals surface area (Å²) in [7, 11) is 1.83. The lowest BCUT2D eigenvalue weighted by Crippen LogP contribution is -2.19. The second-order valence-electron chi connectivity index (χ2n) is 3.16. The molecule has 3 nitrogen and oxygen atoms in total. The van der Waals surface area contributed by atoms with Gasteiger partial charge in [-0.25, -0.2) is 0 Å². The summed E-state index contributed by atoms with van der Waals surface area (Å²) in [5, 5.41) is 9.48. The van der Waals surface area contributed by atoms with Gasteiger partial charge in [-0.15, -0.1) is 0 Å². The number of rotatable bonds is 3. The minimum Gasteiger partial charge on any atom is -0.399 e. The molecule has 5 heteroatoms. The number of benzene rings is 1. The van der Waals surface area contributed by atoms with Gasteiger partial charge in [-0.3, -0.25) is 0 Å². The van der Waals surface area contributed by atoms with E-state index in [1.807, 2.05) is 11.9 Å². The van der Waals surface area contributed by atoms with Crippen molar-refractivity contribution in [2.45, 2.75) is 6.42 Å². The number of nitrogen functional groups attached to an aromatic ring is 1. The van der Waals surface area contributed by atoms with Gasteiger partial charge < -0.3 is 10.6 Å². The molecule has 0 fully saturated rings. The molecule has 1 aromatic carbocycles. The number of hydrogen-bond acceptors (Lipinski definition) is 3. The first-order valence-electron chi connectivity index (χ1n) is 4.39. The van der Waals surface area contributed by atoms with Crippen LogP contribution in [0.1, 0.15) is 6.42 Å². The van der Waals surface area contributed by atoms with E-state index in [0.29, 0.717) is 34.4 Å². The van der Waals surface area contributed by atoms with Crippen molar-refractivity contribution < 1.29 is 0 Å². The molecule has 0 aliphatic rings. The van der Waals surface area contributed by atoms with Gasteiger partial charge in [0.25, 0.3) is 0 Å². The molecule has 0 spiro atoms. The van der Waals surface area contributed by atoms with Crippen molar-refractivity contribution >= 4 is 34.6 Å². The van der Waals surface area contributed by atoms with Gasteiger partial charge in [-0.05, 0) is 12.1 Å². The van der Waals surface area contributed by atoms with Crippen molar-refractivity contribution in [3.8, 4) is 6.07 Å². The lowest BCUT2D eigenvalue weighted by molar-refractivity contribution is 0.906. The molecule has 1 aromatic rings. The molecule has 0 atom stereocenters. The fourth-order valence-electron chi connectivity index (χ4n) is 1.28. The lowest BCUT2D eigenvalue weighted by atomic mass is 10.2. The normalized spacial score (nSPS) is 9.73. The summed E-state index contributed by atoms with van der Waals surface area (Å²) < 4.78 is 0. The van der Waals surface area contributed by atoms with Crippen molar-refractivity contribution in [1.82, 2.24) is 0 Å². The van der Waals surface area contributed by atoms with E-state index in [1.54, 1.807) is 12.1 Å². The van der Waals surface area contributed by atoms with E-state index >= 15 is 0 Å². The largest absolute Gasteiger partial charge is 0.399 e. The fourth-order valence-corrected chi connectivity index (χ4v) is 2.07. The highest BCUT2D eigenvalue weighted by atomic mass is 35.5. The summed E-state index contributed by atoms with van der Waals surface area (Å²) in [6, 6.07) is 5.36. The average Bonchev–Trinajstić information content (AvgIpc) is 2.12. The third-order valence-electron chi connectivity index (χ3n) is 1.98. The number of nitriles is 1. The molecule has 0 amide bonds. The lowest BCUT2D eigenvalue weighted by Gasteiger charge is -2.20.